The topological polar surface area (TPSA) is 54.5 Å². The Bertz CT molecular complexity index is 416. The van der Waals surface area contributed by atoms with Crippen LogP contribution in [-0.2, 0) is 14.6 Å². The molecule has 2 fully saturated rings. The number of hydrogen-bond acceptors (Lipinski definition) is 5. The van der Waals surface area contributed by atoms with Crippen LogP contribution in [0.2, 0.25) is 0 Å². The van der Waals surface area contributed by atoms with Crippen molar-refractivity contribution in [1.82, 2.24) is 4.90 Å². The molecule has 1 saturated heterocycles. The number of ketones is 1. The maximum atomic E-state index is 12.2. The van der Waals surface area contributed by atoms with Gasteiger partial charge in [-0.1, -0.05) is 19.8 Å². The van der Waals surface area contributed by atoms with Crippen LogP contribution in [0, 0.1) is 5.92 Å². The van der Waals surface area contributed by atoms with E-state index in [2.05, 4.69) is 0 Å². The summed E-state index contributed by atoms with van der Waals surface area (Å²) in [5.74, 6) is 2.12. The summed E-state index contributed by atoms with van der Waals surface area (Å²) in [6, 6.07) is 0. The zero-order valence-electron chi connectivity index (χ0n) is 11.5. The molecular weight excluding hydrogens is 282 g/mol. The normalized spacial score (nSPS) is 26.7. The highest BCUT2D eigenvalue weighted by Gasteiger charge is 2.35. The number of rotatable bonds is 5. The molecule has 0 aromatic rings. The molecule has 0 aromatic carbocycles. The van der Waals surface area contributed by atoms with Crippen molar-refractivity contribution < 1.29 is 13.2 Å². The fourth-order valence-electron chi connectivity index (χ4n) is 2.90. The molecule has 0 N–H and O–H groups in total. The molecule has 1 saturated carbocycles. The first kappa shape index (κ1) is 15.3. The van der Waals surface area contributed by atoms with Crippen LogP contribution < -0.4 is 0 Å². The second kappa shape index (κ2) is 6.59. The Morgan fingerprint density at radius 2 is 2.00 bits per heavy atom. The molecule has 0 aromatic heterocycles. The predicted molar refractivity (Wildman–Crippen MR) is 79.1 cm³/mol. The van der Waals surface area contributed by atoms with Crippen molar-refractivity contribution in [2.45, 2.75) is 38.0 Å². The average molecular weight is 305 g/mol. The van der Waals surface area contributed by atoms with Gasteiger partial charge in [-0.05, 0) is 12.8 Å². The SMILES string of the molecule is CCS(=O)(=O)C1CSCCN1CC(=O)C1CCCC1. The van der Waals surface area contributed by atoms with Crippen LogP contribution in [0.4, 0.5) is 0 Å². The Kier molecular flexibility index (Phi) is 5.31. The van der Waals surface area contributed by atoms with Crippen molar-refractivity contribution in [1.29, 1.82) is 0 Å². The monoisotopic (exact) mass is 305 g/mol. The molecule has 1 atom stereocenters. The van der Waals surface area contributed by atoms with Gasteiger partial charge in [0, 0.05) is 29.7 Å². The van der Waals surface area contributed by atoms with Crippen LogP contribution >= 0.6 is 11.8 Å². The summed E-state index contributed by atoms with van der Waals surface area (Å²) in [5, 5.41) is -0.457. The van der Waals surface area contributed by atoms with E-state index >= 15 is 0 Å². The minimum Gasteiger partial charge on any atom is -0.298 e. The molecule has 0 radical (unpaired) electrons. The van der Waals surface area contributed by atoms with Crippen molar-refractivity contribution in [3.05, 3.63) is 0 Å². The number of Topliss-reactive ketones (excluding diaryl/α,β-unsaturated/α-hetero) is 1. The molecule has 0 spiro atoms. The summed E-state index contributed by atoms with van der Waals surface area (Å²) in [4.78, 5) is 14.1. The minimum absolute atomic E-state index is 0.159. The summed E-state index contributed by atoms with van der Waals surface area (Å²) >= 11 is 1.68. The average Bonchev–Trinajstić information content (AvgIpc) is 2.93. The zero-order chi connectivity index (χ0) is 13.9. The van der Waals surface area contributed by atoms with E-state index < -0.39 is 15.2 Å². The first-order valence-electron chi connectivity index (χ1n) is 7.10. The van der Waals surface area contributed by atoms with Crippen molar-refractivity contribution in [3.8, 4) is 0 Å². The lowest BCUT2D eigenvalue weighted by Gasteiger charge is -2.34. The summed E-state index contributed by atoms with van der Waals surface area (Å²) in [7, 11) is -3.09. The molecule has 6 heteroatoms. The number of hydrogen-bond donors (Lipinski definition) is 0. The molecule has 2 aliphatic rings. The highest BCUT2D eigenvalue weighted by molar-refractivity contribution is 8.01. The van der Waals surface area contributed by atoms with E-state index in [0.717, 1.165) is 31.4 Å². The van der Waals surface area contributed by atoms with Crippen LogP contribution in [0.3, 0.4) is 0 Å². The van der Waals surface area contributed by atoms with E-state index in [0.29, 0.717) is 18.8 Å². The van der Waals surface area contributed by atoms with Gasteiger partial charge < -0.3 is 0 Å². The Morgan fingerprint density at radius 1 is 1.32 bits per heavy atom. The van der Waals surface area contributed by atoms with Crippen LogP contribution in [0.1, 0.15) is 32.6 Å². The highest BCUT2D eigenvalue weighted by atomic mass is 32.2. The van der Waals surface area contributed by atoms with Gasteiger partial charge in [0.25, 0.3) is 0 Å². The largest absolute Gasteiger partial charge is 0.298 e. The van der Waals surface area contributed by atoms with Gasteiger partial charge in [0.1, 0.15) is 11.2 Å². The maximum Gasteiger partial charge on any atom is 0.166 e. The molecule has 2 rings (SSSR count). The second-order valence-corrected chi connectivity index (χ2v) is 9.00. The molecule has 0 amide bonds. The quantitative estimate of drug-likeness (QED) is 0.771. The van der Waals surface area contributed by atoms with Crippen LogP contribution in [0.25, 0.3) is 0 Å². The number of nitrogens with zero attached hydrogens (tertiary/aromatic N) is 1. The van der Waals surface area contributed by atoms with Gasteiger partial charge in [0.2, 0.25) is 0 Å². The molecule has 0 bridgehead atoms. The molecule has 19 heavy (non-hydrogen) atoms. The fraction of sp³-hybridized carbons (Fsp3) is 0.923. The molecule has 110 valence electrons. The molecule has 1 aliphatic carbocycles. The predicted octanol–water partition coefficient (Wildman–Crippen LogP) is 1.56. The fourth-order valence-corrected chi connectivity index (χ4v) is 5.98. The lowest BCUT2D eigenvalue weighted by molar-refractivity contribution is -0.123. The minimum atomic E-state index is -3.09. The molecule has 4 nitrogen and oxygen atoms in total. The Balaban J connectivity index is 2.01. The molecular formula is C13H23NO3S2. The Hall–Kier alpha value is -0.0700. The van der Waals surface area contributed by atoms with Gasteiger partial charge >= 0.3 is 0 Å². The van der Waals surface area contributed by atoms with Crippen molar-refractivity contribution in [2.24, 2.45) is 5.92 Å². The van der Waals surface area contributed by atoms with Gasteiger partial charge in [0.15, 0.2) is 9.84 Å². The maximum absolute atomic E-state index is 12.2. The van der Waals surface area contributed by atoms with E-state index in [1.54, 1.807) is 18.7 Å². The van der Waals surface area contributed by atoms with Gasteiger partial charge in [-0.2, -0.15) is 11.8 Å². The standard InChI is InChI=1S/C13H23NO3S2/c1-2-19(16,17)13-10-18-8-7-14(13)9-12(15)11-5-3-4-6-11/h11,13H,2-10H2,1H3. The van der Waals surface area contributed by atoms with Crippen LogP contribution in [0.15, 0.2) is 0 Å². The summed E-state index contributed by atoms with van der Waals surface area (Å²) in [6.45, 7) is 2.73. The second-order valence-electron chi connectivity index (χ2n) is 5.40. The summed E-state index contributed by atoms with van der Waals surface area (Å²) in [5.41, 5.74) is 0. The molecule has 1 heterocycles. The van der Waals surface area contributed by atoms with E-state index in [1.807, 2.05) is 4.90 Å². The van der Waals surface area contributed by atoms with Crippen molar-refractivity contribution in [2.75, 3.05) is 30.3 Å². The summed E-state index contributed by atoms with van der Waals surface area (Å²) in [6.07, 6.45) is 4.27. The van der Waals surface area contributed by atoms with Gasteiger partial charge in [0.05, 0.1) is 6.54 Å². The van der Waals surface area contributed by atoms with Crippen LogP contribution in [0.5, 0.6) is 0 Å². The third-order valence-corrected chi connectivity index (χ3v) is 7.51. The van der Waals surface area contributed by atoms with E-state index in [9.17, 15) is 13.2 Å². The zero-order valence-corrected chi connectivity index (χ0v) is 13.1. The van der Waals surface area contributed by atoms with E-state index in [-0.39, 0.29) is 17.5 Å². The number of carbonyl (C=O) groups is 1. The third kappa shape index (κ3) is 3.73. The van der Waals surface area contributed by atoms with E-state index in [4.69, 9.17) is 0 Å². The van der Waals surface area contributed by atoms with Gasteiger partial charge in [-0.15, -0.1) is 0 Å². The Morgan fingerprint density at radius 3 is 2.63 bits per heavy atom. The Labute approximate surface area is 120 Å². The summed E-state index contributed by atoms with van der Waals surface area (Å²) < 4.78 is 24.2. The third-order valence-electron chi connectivity index (χ3n) is 4.18. The number of carbonyl (C=O) groups excluding carboxylic acids is 1. The number of sulfone groups is 1. The lowest BCUT2D eigenvalue weighted by Crippen LogP contribution is -2.50. The van der Waals surface area contributed by atoms with Crippen LogP contribution in [-0.4, -0.2) is 54.8 Å². The molecule has 1 aliphatic heterocycles. The lowest BCUT2D eigenvalue weighted by atomic mass is 10.0. The van der Waals surface area contributed by atoms with Crippen molar-refractivity contribution >= 4 is 27.4 Å². The van der Waals surface area contributed by atoms with Gasteiger partial charge in [-0.25, -0.2) is 8.42 Å². The van der Waals surface area contributed by atoms with E-state index in [1.165, 1.54) is 0 Å². The number of thioether (sulfide) groups is 1. The highest BCUT2D eigenvalue weighted by Crippen LogP contribution is 2.27. The first-order chi connectivity index (χ1) is 9.04. The molecule has 1 unspecified atom stereocenters. The first-order valence-corrected chi connectivity index (χ1v) is 9.97. The smallest absolute Gasteiger partial charge is 0.166 e. The van der Waals surface area contributed by atoms with Gasteiger partial charge in [-0.3, -0.25) is 9.69 Å². The van der Waals surface area contributed by atoms with Crippen molar-refractivity contribution in [3.63, 3.8) is 0 Å².